The quantitative estimate of drug-likeness (QED) is 0.318. The van der Waals surface area contributed by atoms with Crippen molar-refractivity contribution in [2.24, 2.45) is 10.8 Å². The zero-order valence-corrected chi connectivity index (χ0v) is 32.4. The maximum Gasteiger partial charge on any atom is 0.336 e. The van der Waals surface area contributed by atoms with E-state index >= 15 is 0 Å². The molecule has 2 aromatic rings. The normalized spacial score (nSPS) is 19.9. The van der Waals surface area contributed by atoms with Crippen LogP contribution in [0, 0.1) is 10.8 Å². The molecule has 1 N–H and O–H groups in total. The number of hydrogen-bond acceptors (Lipinski definition) is 4. The summed E-state index contributed by atoms with van der Waals surface area (Å²) < 4.78 is 0. The number of fused-ring (bicyclic) bond motifs is 4. The van der Waals surface area contributed by atoms with Gasteiger partial charge in [-0.25, -0.2) is 4.79 Å². The van der Waals surface area contributed by atoms with Crippen LogP contribution in [0.2, 0.25) is 0 Å². The first-order valence-corrected chi connectivity index (χ1v) is 19.8. The molecule has 1 amide bonds. The van der Waals surface area contributed by atoms with Crippen LogP contribution in [0.5, 0.6) is 0 Å². The Bertz CT molecular complexity index is 1620. The average molecular weight is 758 g/mol. The van der Waals surface area contributed by atoms with Crippen molar-refractivity contribution in [2.75, 3.05) is 52.4 Å². The van der Waals surface area contributed by atoms with Gasteiger partial charge in [0, 0.05) is 29.5 Å². The lowest BCUT2D eigenvalue weighted by atomic mass is 9.74. The number of piperidine rings is 3. The molecule has 0 atom stereocenters. The number of carbonyl (C=O) groups excluding carboxylic acids is 1. The van der Waals surface area contributed by atoms with Gasteiger partial charge in [0.2, 0.25) is 0 Å². The third kappa shape index (κ3) is 11.0. The summed E-state index contributed by atoms with van der Waals surface area (Å²) in [6.45, 7) is 22.4. The maximum atomic E-state index is 13.3. The molecule has 5 aliphatic rings. The van der Waals surface area contributed by atoms with E-state index in [1.54, 1.807) is 0 Å². The van der Waals surface area contributed by atoms with Crippen molar-refractivity contribution < 1.29 is 14.7 Å². The third-order valence-electron chi connectivity index (χ3n) is 12.3. The van der Waals surface area contributed by atoms with E-state index in [1.807, 2.05) is 24.3 Å². The molecule has 2 aliphatic carbocycles. The van der Waals surface area contributed by atoms with Gasteiger partial charge in [0.1, 0.15) is 0 Å². The lowest BCUT2D eigenvalue weighted by Gasteiger charge is -2.40. The van der Waals surface area contributed by atoms with Gasteiger partial charge in [-0.15, -0.1) is 0 Å². The van der Waals surface area contributed by atoms with Gasteiger partial charge < -0.3 is 19.8 Å². The molecular formula is C49H79N3O3. The highest BCUT2D eigenvalue weighted by Crippen LogP contribution is 2.49. The second-order valence-electron chi connectivity index (χ2n) is 18.5. The van der Waals surface area contributed by atoms with Crippen LogP contribution in [0.25, 0.3) is 11.1 Å². The first kappa shape index (κ1) is 47.9. The Morgan fingerprint density at radius 2 is 0.964 bits per heavy atom. The second kappa shape index (κ2) is 19.3. The summed E-state index contributed by atoms with van der Waals surface area (Å²) in [6.07, 6.45) is 14.7. The number of nitrogens with zero attached hydrogens (tertiary/aromatic N) is 3. The molecule has 3 saturated heterocycles. The summed E-state index contributed by atoms with van der Waals surface area (Å²) in [7, 11) is 0. The summed E-state index contributed by atoms with van der Waals surface area (Å²) in [5, 5.41) is 9.52. The number of benzene rings is 2. The van der Waals surface area contributed by atoms with Gasteiger partial charge in [-0.05, 0) is 130 Å². The van der Waals surface area contributed by atoms with Gasteiger partial charge in [-0.2, -0.15) is 0 Å². The molecule has 0 aromatic heterocycles. The molecule has 2 aromatic carbocycles. The molecule has 6 nitrogen and oxygen atoms in total. The molecule has 3 fully saturated rings. The van der Waals surface area contributed by atoms with Gasteiger partial charge >= 0.3 is 5.97 Å². The van der Waals surface area contributed by atoms with Crippen molar-refractivity contribution in [1.82, 2.24) is 14.7 Å². The summed E-state index contributed by atoms with van der Waals surface area (Å²) in [4.78, 5) is 32.1. The molecule has 0 radical (unpaired) electrons. The van der Waals surface area contributed by atoms with Crippen LogP contribution in [0.1, 0.15) is 151 Å². The molecule has 0 saturated carbocycles. The van der Waals surface area contributed by atoms with Crippen molar-refractivity contribution in [1.29, 1.82) is 0 Å². The standard InChI is InChI=1S/C25H36N2O.C20H27NO2.4CH4/c1-24(2,3)11-16-26-17-12-25(13-18-26)19-21(20-9-5-6-10-22(20)25)23(28)27-14-7-4-8-15-27;1-19(2,3)8-11-21-12-9-20(10-13-21)14-16(18(22)23)15-6-4-5-7-17(15)20;;;;/h5-6,9-10,19H,4,7-8,11-18H2,1-3H3;4-7,14H,8-13H2,1-3H3,(H,22,23);4*1H4. The lowest BCUT2D eigenvalue weighted by molar-refractivity contribution is -0.130. The summed E-state index contributed by atoms with van der Waals surface area (Å²) in [6, 6.07) is 16.7. The molecule has 0 unspecified atom stereocenters. The zero-order valence-electron chi connectivity index (χ0n) is 32.4. The topological polar surface area (TPSA) is 64.1 Å². The predicted octanol–water partition coefficient (Wildman–Crippen LogP) is 11.3. The first-order chi connectivity index (χ1) is 24.2. The fourth-order valence-corrected chi connectivity index (χ4v) is 8.95. The summed E-state index contributed by atoms with van der Waals surface area (Å²) in [5.74, 6) is -0.538. The van der Waals surface area contributed by atoms with Crippen LogP contribution in [0.4, 0.5) is 0 Å². The molecule has 3 aliphatic heterocycles. The fourth-order valence-electron chi connectivity index (χ4n) is 8.95. The first-order valence-electron chi connectivity index (χ1n) is 19.8. The molecule has 0 bridgehead atoms. The van der Waals surface area contributed by atoms with Crippen molar-refractivity contribution >= 4 is 23.0 Å². The highest BCUT2D eigenvalue weighted by Gasteiger charge is 2.44. The minimum Gasteiger partial charge on any atom is -0.478 e. The average Bonchev–Trinajstić information content (AvgIpc) is 3.61. The monoisotopic (exact) mass is 758 g/mol. The number of carboxylic acid groups (broad SMARTS) is 1. The van der Waals surface area contributed by atoms with E-state index in [4.69, 9.17) is 0 Å². The number of carbonyl (C=O) groups is 2. The largest absolute Gasteiger partial charge is 0.478 e. The van der Waals surface area contributed by atoms with Crippen LogP contribution in [0.15, 0.2) is 60.7 Å². The number of carboxylic acids is 1. The fraction of sp³-hybridized carbons (Fsp3) is 0.633. The number of allylic oxidation sites excluding steroid dienone is 2. The summed E-state index contributed by atoms with van der Waals surface area (Å²) in [5.41, 5.74) is 6.94. The maximum absolute atomic E-state index is 13.3. The highest BCUT2D eigenvalue weighted by atomic mass is 16.4. The van der Waals surface area contributed by atoms with Crippen LogP contribution in [0.3, 0.4) is 0 Å². The van der Waals surface area contributed by atoms with Crippen LogP contribution in [-0.2, 0) is 20.4 Å². The smallest absolute Gasteiger partial charge is 0.336 e. The van der Waals surface area contributed by atoms with Crippen LogP contribution >= 0.6 is 0 Å². The zero-order chi connectivity index (χ0) is 36.4. The third-order valence-corrected chi connectivity index (χ3v) is 12.3. The molecule has 55 heavy (non-hydrogen) atoms. The van der Waals surface area contributed by atoms with Gasteiger partial charge in [0.05, 0.1) is 5.57 Å². The number of hydrogen-bond donors (Lipinski definition) is 1. The molecular weight excluding hydrogens is 679 g/mol. The van der Waals surface area contributed by atoms with Gasteiger partial charge in [-0.1, -0.05) is 132 Å². The number of likely N-dealkylation sites (tertiary alicyclic amines) is 3. The number of rotatable bonds is 6. The van der Waals surface area contributed by atoms with E-state index in [1.165, 1.54) is 42.5 Å². The summed E-state index contributed by atoms with van der Waals surface area (Å²) >= 11 is 0. The predicted molar refractivity (Wildman–Crippen MR) is 237 cm³/mol. The van der Waals surface area contributed by atoms with Gasteiger partial charge in [0.15, 0.2) is 0 Å². The Balaban J connectivity index is 0.000000360. The van der Waals surface area contributed by atoms with Crippen molar-refractivity contribution in [3.63, 3.8) is 0 Å². The van der Waals surface area contributed by atoms with Crippen molar-refractivity contribution in [2.45, 2.75) is 140 Å². The van der Waals surface area contributed by atoms with E-state index in [0.29, 0.717) is 16.4 Å². The SMILES string of the molecule is C.C.C.C.CC(C)(C)CCN1CCC2(C=C(C(=O)N3CCCCC3)c3ccccc32)CC1.CC(C)(C)CCN1CCC2(C=C(C(=O)O)c3ccccc32)CC1. The Labute approximate surface area is 337 Å². The minimum atomic E-state index is -0.801. The highest BCUT2D eigenvalue weighted by molar-refractivity contribution is 6.21. The van der Waals surface area contributed by atoms with Crippen LogP contribution < -0.4 is 0 Å². The molecule has 308 valence electrons. The lowest BCUT2D eigenvalue weighted by Crippen LogP contribution is -2.42. The molecule has 7 rings (SSSR count). The van der Waals surface area contributed by atoms with Crippen LogP contribution in [-0.4, -0.2) is 84.0 Å². The Kier molecular flexibility index (Phi) is 16.8. The second-order valence-corrected chi connectivity index (χ2v) is 18.5. The molecule has 6 heteroatoms. The van der Waals surface area contributed by atoms with E-state index in [2.05, 4.69) is 92.7 Å². The van der Waals surface area contributed by atoms with E-state index in [-0.39, 0.29) is 46.4 Å². The number of amides is 1. The van der Waals surface area contributed by atoms with Crippen molar-refractivity contribution in [3.8, 4) is 0 Å². The van der Waals surface area contributed by atoms with Crippen molar-refractivity contribution in [3.05, 3.63) is 82.9 Å². The molecule has 3 heterocycles. The van der Waals surface area contributed by atoms with E-state index in [0.717, 1.165) is 95.5 Å². The van der Waals surface area contributed by atoms with Gasteiger partial charge in [-0.3, -0.25) is 4.79 Å². The Morgan fingerprint density at radius 1 is 0.582 bits per heavy atom. The number of aliphatic carboxylic acids is 1. The Morgan fingerprint density at radius 3 is 1.36 bits per heavy atom. The minimum absolute atomic E-state index is 0. The van der Waals surface area contributed by atoms with E-state index in [9.17, 15) is 14.7 Å². The van der Waals surface area contributed by atoms with Gasteiger partial charge in [0.25, 0.3) is 5.91 Å². The Hall–Kier alpha value is -3.22. The van der Waals surface area contributed by atoms with E-state index < -0.39 is 5.97 Å². The molecule has 2 spiro atoms.